The van der Waals surface area contributed by atoms with Crippen LogP contribution in [0.5, 0.6) is 0 Å². The fraction of sp³-hybridized carbons (Fsp3) is 0.500. The molecule has 0 bridgehead atoms. The summed E-state index contributed by atoms with van der Waals surface area (Å²) in [5.41, 5.74) is 2.95. The van der Waals surface area contributed by atoms with Gasteiger partial charge < -0.3 is 14.8 Å². The van der Waals surface area contributed by atoms with Gasteiger partial charge in [-0.25, -0.2) is 13.8 Å². The van der Waals surface area contributed by atoms with Gasteiger partial charge in [0.25, 0.3) is 12.3 Å². The minimum atomic E-state index is -2.62. The Morgan fingerprint density at radius 2 is 2.00 bits per heavy atom. The van der Waals surface area contributed by atoms with Crippen LogP contribution in [-0.2, 0) is 11.3 Å². The zero-order valence-corrected chi connectivity index (χ0v) is 24.3. The number of alkyl halides is 2. The Morgan fingerprint density at radius 3 is 2.65 bits per heavy atom. The first kappa shape index (κ1) is 28.4. The molecule has 7 nitrogen and oxygen atoms in total. The molecule has 1 atom stereocenters. The molecule has 214 valence electrons. The topological polar surface area (TPSA) is 79.3 Å². The molecule has 40 heavy (non-hydrogen) atoms. The van der Waals surface area contributed by atoms with Crippen molar-refractivity contribution in [2.45, 2.75) is 72.0 Å². The van der Waals surface area contributed by atoms with Gasteiger partial charge in [0.2, 0.25) is 11.9 Å². The van der Waals surface area contributed by atoms with Gasteiger partial charge in [-0.05, 0) is 72.9 Å². The predicted octanol–water partition coefficient (Wildman–Crippen LogP) is 6.55. The summed E-state index contributed by atoms with van der Waals surface area (Å²) < 4.78 is 28.3. The molecule has 2 N–H and O–H groups in total. The van der Waals surface area contributed by atoms with E-state index in [2.05, 4.69) is 55.5 Å². The summed E-state index contributed by atoms with van der Waals surface area (Å²) in [7, 11) is 0. The summed E-state index contributed by atoms with van der Waals surface area (Å²) in [4.78, 5) is 32.0. The number of halogens is 2. The lowest BCUT2D eigenvalue weighted by molar-refractivity contribution is -0.125. The van der Waals surface area contributed by atoms with Crippen molar-refractivity contribution in [3.05, 3.63) is 58.3 Å². The molecule has 3 heterocycles. The number of hydrogen-bond acceptors (Lipinski definition) is 5. The average molecular weight is 570 g/mol. The zero-order chi connectivity index (χ0) is 28.8. The van der Waals surface area contributed by atoms with Crippen LogP contribution in [0.25, 0.3) is 11.0 Å². The molecule has 3 aromatic rings. The van der Waals surface area contributed by atoms with E-state index in [4.69, 9.17) is 4.98 Å². The van der Waals surface area contributed by atoms with Gasteiger partial charge >= 0.3 is 0 Å². The molecule has 1 spiro atoms. The number of thiophene rings is 1. The molecule has 1 aliphatic heterocycles. The number of benzene rings is 1. The van der Waals surface area contributed by atoms with Gasteiger partial charge in [0, 0.05) is 31.7 Å². The van der Waals surface area contributed by atoms with Gasteiger partial charge in [-0.1, -0.05) is 33.4 Å². The van der Waals surface area contributed by atoms with Crippen LogP contribution in [0, 0.1) is 10.8 Å². The van der Waals surface area contributed by atoms with Gasteiger partial charge in [-0.3, -0.25) is 14.9 Å². The van der Waals surface area contributed by atoms with E-state index in [1.165, 1.54) is 18.2 Å². The van der Waals surface area contributed by atoms with Crippen molar-refractivity contribution in [3.8, 4) is 0 Å². The Hall–Kier alpha value is -3.11. The largest absolute Gasteiger partial charge is 0.339 e. The lowest BCUT2D eigenvalue weighted by Gasteiger charge is -2.46. The molecule has 5 rings (SSSR count). The quantitative estimate of drug-likeness (QED) is 0.302. The maximum Gasteiger partial charge on any atom is 0.272 e. The highest BCUT2D eigenvalue weighted by molar-refractivity contribution is 7.14. The maximum atomic E-state index is 13.1. The first-order chi connectivity index (χ1) is 18.9. The average Bonchev–Trinajstić information content (AvgIpc) is 3.62. The van der Waals surface area contributed by atoms with Gasteiger partial charge in [0.15, 0.2) is 0 Å². The molecule has 0 unspecified atom stereocenters. The molecule has 1 aliphatic carbocycles. The predicted molar refractivity (Wildman–Crippen MR) is 155 cm³/mol. The number of rotatable bonds is 8. The third kappa shape index (κ3) is 5.56. The fourth-order valence-corrected chi connectivity index (χ4v) is 6.51. The number of imidazole rings is 1. The number of likely N-dealkylation sites (tertiary alicyclic amines) is 1. The lowest BCUT2D eigenvalue weighted by atomic mass is 9.64. The number of hydrogen-bond donors (Lipinski definition) is 2. The highest BCUT2D eigenvalue weighted by Gasteiger charge is 2.50. The van der Waals surface area contributed by atoms with Crippen molar-refractivity contribution in [2.75, 3.05) is 18.4 Å². The van der Waals surface area contributed by atoms with Crippen LogP contribution in [0.1, 0.15) is 79.5 Å². The summed E-state index contributed by atoms with van der Waals surface area (Å²) in [5.74, 6) is -0.0774. The minimum Gasteiger partial charge on any atom is -0.339 e. The second-order valence-electron chi connectivity index (χ2n) is 12.3. The van der Waals surface area contributed by atoms with E-state index >= 15 is 0 Å². The van der Waals surface area contributed by atoms with Crippen LogP contribution in [0.3, 0.4) is 0 Å². The van der Waals surface area contributed by atoms with E-state index in [1.807, 2.05) is 17.0 Å². The Kier molecular flexibility index (Phi) is 7.60. The first-order valence-corrected chi connectivity index (χ1v) is 14.6. The Labute approximate surface area is 237 Å². The standard InChI is InChI=1S/C30H37F2N5O2S/c1-6-25(38)36-12-11-30(17-36)14-20(15-30)37-22-8-7-19(16-33-18(2)29(3,4)5)13-21(22)34-28(37)35-27(39)24-10-9-23(40-24)26(31)32/h6-10,13,18,20,26,33H,1,11-12,14-17H2,2-5H3,(H,34,35,39)/t18-,20?,30?/m0/s1. The molecule has 10 heteroatoms. The molecule has 1 saturated carbocycles. The Morgan fingerprint density at radius 1 is 1.25 bits per heavy atom. The smallest absolute Gasteiger partial charge is 0.272 e. The van der Waals surface area contributed by atoms with Gasteiger partial charge in [-0.15, -0.1) is 11.3 Å². The number of nitrogens with one attached hydrogen (secondary N) is 2. The highest BCUT2D eigenvalue weighted by atomic mass is 32.1. The lowest BCUT2D eigenvalue weighted by Crippen LogP contribution is -2.42. The maximum absolute atomic E-state index is 13.1. The molecule has 2 fully saturated rings. The molecule has 2 aromatic heterocycles. The first-order valence-electron chi connectivity index (χ1n) is 13.7. The number of fused-ring (bicyclic) bond motifs is 1. The Balaban J connectivity index is 1.41. The number of nitrogens with zero attached hydrogens (tertiary/aromatic N) is 3. The van der Waals surface area contributed by atoms with Crippen LogP contribution >= 0.6 is 11.3 Å². The van der Waals surface area contributed by atoms with Crippen molar-refractivity contribution in [1.29, 1.82) is 0 Å². The van der Waals surface area contributed by atoms with Gasteiger partial charge in [0.1, 0.15) is 0 Å². The van der Waals surface area contributed by atoms with E-state index in [-0.39, 0.29) is 32.5 Å². The number of amides is 2. The van der Waals surface area contributed by atoms with Crippen molar-refractivity contribution in [2.24, 2.45) is 10.8 Å². The third-order valence-electron chi connectivity index (χ3n) is 8.58. The normalized spacial score (nSPS) is 21.7. The van der Waals surface area contributed by atoms with Crippen LogP contribution in [0.4, 0.5) is 14.7 Å². The summed E-state index contributed by atoms with van der Waals surface area (Å²) in [5, 5.41) is 6.49. The second kappa shape index (κ2) is 10.7. The summed E-state index contributed by atoms with van der Waals surface area (Å²) in [6, 6.07) is 9.29. The van der Waals surface area contributed by atoms with Gasteiger partial charge in [-0.2, -0.15) is 0 Å². The van der Waals surface area contributed by atoms with E-state index in [1.54, 1.807) is 0 Å². The van der Waals surface area contributed by atoms with Gasteiger partial charge in [0.05, 0.1) is 20.8 Å². The monoisotopic (exact) mass is 569 g/mol. The third-order valence-corrected chi connectivity index (χ3v) is 9.67. The summed E-state index contributed by atoms with van der Waals surface area (Å²) in [6.07, 6.45) is 1.41. The van der Waals surface area contributed by atoms with Crippen LogP contribution in [-0.4, -0.2) is 45.4 Å². The molecule has 1 aromatic carbocycles. The number of carbonyl (C=O) groups excluding carboxylic acids is 2. The van der Waals surface area contributed by atoms with Crippen molar-refractivity contribution in [1.82, 2.24) is 19.8 Å². The number of aromatic nitrogens is 2. The number of anilines is 1. The molecule has 2 amide bonds. The molecular formula is C30H37F2N5O2S. The molecular weight excluding hydrogens is 532 g/mol. The van der Waals surface area contributed by atoms with Crippen molar-refractivity contribution in [3.63, 3.8) is 0 Å². The van der Waals surface area contributed by atoms with E-state index < -0.39 is 12.3 Å². The molecule has 2 aliphatic rings. The summed E-state index contributed by atoms with van der Waals surface area (Å²) >= 11 is 0.790. The second-order valence-corrected chi connectivity index (χ2v) is 13.4. The van der Waals surface area contributed by atoms with Crippen LogP contribution < -0.4 is 10.6 Å². The van der Waals surface area contributed by atoms with Crippen LogP contribution in [0.2, 0.25) is 0 Å². The fourth-order valence-electron chi connectivity index (χ4n) is 5.75. The summed E-state index contributed by atoms with van der Waals surface area (Å²) in [6.45, 7) is 14.5. The van der Waals surface area contributed by atoms with Crippen molar-refractivity contribution >= 4 is 40.1 Å². The highest BCUT2D eigenvalue weighted by Crippen LogP contribution is 2.55. The zero-order valence-electron chi connectivity index (χ0n) is 23.5. The van der Waals surface area contributed by atoms with Crippen LogP contribution in [0.15, 0.2) is 43.0 Å². The molecule has 0 radical (unpaired) electrons. The van der Waals surface area contributed by atoms with E-state index in [0.29, 0.717) is 25.1 Å². The number of carbonyl (C=O) groups is 2. The van der Waals surface area contributed by atoms with E-state index in [0.717, 1.165) is 53.7 Å². The molecule has 1 saturated heterocycles. The SMILES string of the molecule is C=CC(=O)N1CCC2(CC(n3c(NC(=O)c4ccc(C(F)F)s4)nc4cc(CN[C@@H](C)C(C)(C)C)ccc43)C2)C1. The van der Waals surface area contributed by atoms with E-state index in [9.17, 15) is 18.4 Å². The van der Waals surface area contributed by atoms with Crippen molar-refractivity contribution < 1.29 is 18.4 Å². The Bertz CT molecular complexity index is 1430. The minimum absolute atomic E-state index is 0.0395.